The van der Waals surface area contributed by atoms with Crippen LogP contribution in [0.1, 0.15) is 18.5 Å². The van der Waals surface area contributed by atoms with E-state index < -0.39 is 0 Å². The molecule has 0 fully saturated rings. The molecule has 0 aromatic heterocycles. The van der Waals surface area contributed by atoms with E-state index in [1.807, 2.05) is 13.1 Å². The molecule has 0 saturated heterocycles. The van der Waals surface area contributed by atoms with Gasteiger partial charge in [0, 0.05) is 12.6 Å². The maximum Gasteiger partial charge on any atom is 0.161 e. The van der Waals surface area contributed by atoms with Crippen molar-refractivity contribution in [1.29, 1.82) is 0 Å². The summed E-state index contributed by atoms with van der Waals surface area (Å²) in [6.45, 7) is 5.38. The Morgan fingerprint density at radius 1 is 1.28 bits per heavy atom. The number of fused-ring (bicyclic) bond motifs is 1. The molecule has 1 aromatic carbocycles. The first-order chi connectivity index (χ1) is 8.76. The third kappa shape index (κ3) is 2.76. The molecule has 0 saturated carbocycles. The van der Waals surface area contributed by atoms with E-state index in [2.05, 4.69) is 36.3 Å². The Morgan fingerprint density at radius 3 is 2.67 bits per heavy atom. The highest BCUT2D eigenvalue weighted by molar-refractivity contribution is 5.44. The summed E-state index contributed by atoms with van der Waals surface area (Å²) >= 11 is 0. The lowest BCUT2D eigenvalue weighted by atomic mass is 10.0. The van der Waals surface area contributed by atoms with Crippen molar-refractivity contribution in [3.8, 4) is 11.5 Å². The zero-order chi connectivity index (χ0) is 13.0. The van der Waals surface area contributed by atoms with Gasteiger partial charge in [-0.15, -0.1) is 0 Å². The van der Waals surface area contributed by atoms with Gasteiger partial charge in [-0.3, -0.25) is 4.90 Å². The summed E-state index contributed by atoms with van der Waals surface area (Å²) in [7, 11) is 4.12. The number of benzene rings is 1. The number of likely N-dealkylation sites (N-methyl/N-ethyl adjacent to an activating group) is 2. The van der Waals surface area contributed by atoms with Crippen molar-refractivity contribution in [2.45, 2.75) is 13.0 Å². The van der Waals surface area contributed by atoms with Crippen molar-refractivity contribution in [2.75, 3.05) is 40.4 Å². The van der Waals surface area contributed by atoms with Gasteiger partial charge < -0.3 is 14.8 Å². The average molecular weight is 250 g/mol. The summed E-state index contributed by atoms with van der Waals surface area (Å²) < 4.78 is 11.2. The summed E-state index contributed by atoms with van der Waals surface area (Å²) in [5, 5.41) is 3.25. The highest BCUT2D eigenvalue weighted by Crippen LogP contribution is 2.33. The van der Waals surface area contributed by atoms with Crippen molar-refractivity contribution >= 4 is 0 Å². The monoisotopic (exact) mass is 250 g/mol. The first kappa shape index (κ1) is 13.2. The Balaban J connectivity index is 2.24. The molecule has 0 amide bonds. The van der Waals surface area contributed by atoms with Crippen LogP contribution in [0, 0.1) is 0 Å². The highest BCUT2D eigenvalue weighted by atomic mass is 16.6. The second-order valence-electron chi connectivity index (χ2n) is 4.55. The minimum absolute atomic E-state index is 0.357. The average Bonchev–Trinajstić information content (AvgIpc) is 2.43. The number of hydrogen-bond donors (Lipinski definition) is 1. The molecule has 4 nitrogen and oxygen atoms in total. The SMILES string of the molecule is CCN(C)C(CNC)c1ccc2c(c1)OCCO2. The van der Waals surface area contributed by atoms with E-state index in [0.717, 1.165) is 24.6 Å². The molecule has 1 atom stereocenters. The van der Waals surface area contributed by atoms with Gasteiger partial charge in [-0.25, -0.2) is 0 Å². The minimum Gasteiger partial charge on any atom is -0.486 e. The molecule has 0 radical (unpaired) electrons. The van der Waals surface area contributed by atoms with E-state index in [4.69, 9.17) is 9.47 Å². The van der Waals surface area contributed by atoms with Gasteiger partial charge in [-0.1, -0.05) is 13.0 Å². The van der Waals surface area contributed by atoms with E-state index in [-0.39, 0.29) is 0 Å². The third-order valence-corrected chi connectivity index (χ3v) is 3.38. The topological polar surface area (TPSA) is 33.7 Å². The van der Waals surface area contributed by atoms with Gasteiger partial charge in [-0.05, 0) is 38.3 Å². The van der Waals surface area contributed by atoms with Crippen molar-refractivity contribution in [3.63, 3.8) is 0 Å². The standard InChI is InChI=1S/C14H22N2O2/c1-4-16(3)12(10-15-2)11-5-6-13-14(9-11)18-8-7-17-13/h5-6,9,12,15H,4,7-8,10H2,1-3H3. The zero-order valence-electron chi connectivity index (χ0n) is 11.4. The summed E-state index contributed by atoms with van der Waals surface area (Å²) in [5.41, 5.74) is 1.26. The van der Waals surface area contributed by atoms with Gasteiger partial charge in [0.25, 0.3) is 0 Å². The van der Waals surface area contributed by atoms with Crippen LogP contribution in [0.5, 0.6) is 11.5 Å². The van der Waals surface area contributed by atoms with E-state index in [0.29, 0.717) is 19.3 Å². The van der Waals surface area contributed by atoms with Crippen LogP contribution >= 0.6 is 0 Å². The van der Waals surface area contributed by atoms with Crippen molar-refractivity contribution in [1.82, 2.24) is 10.2 Å². The maximum atomic E-state index is 5.64. The van der Waals surface area contributed by atoms with Crippen LogP contribution in [0.25, 0.3) is 0 Å². The molecule has 1 heterocycles. The van der Waals surface area contributed by atoms with Gasteiger partial charge >= 0.3 is 0 Å². The minimum atomic E-state index is 0.357. The number of ether oxygens (including phenoxy) is 2. The van der Waals surface area contributed by atoms with Gasteiger partial charge in [0.05, 0.1) is 0 Å². The molecule has 1 aliphatic rings. The Kier molecular flexibility index (Phi) is 4.44. The summed E-state index contributed by atoms with van der Waals surface area (Å²) in [6, 6.07) is 6.59. The fourth-order valence-electron chi connectivity index (χ4n) is 2.21. The predicted molar refractivity (Wildman–Crippen MR) is 72.4 cm³/mol. The summed E-state index contributed by atoms with van der Waals surface area (Å²) in [5.74, 6) is 1.72. The van der Waals surface area contributed by atoms with Crippen LogP contribution in [0.15, 0.2) is 18.2 Å². The summed E-state index contributed by atoms with van der Waals surface area (Å²) in [4.78, 5) is 2.32. The van der Waals surface area contributed by atoms with Crippen molar-refractivity contribution in [3.05, 3.63) is 23.8 Å². The summed E-state index contributed by atoms with van der Waals surface area (Å²) in [6.07, 6.45) is 0. The van der Waals surface area contributed by atoms with Crippen molar-refractivity contribution in [2.24, 2.45) is 0 Å². The molecule has 1 N–H and O–H groups in total. The molecule has 2 rings (SSSR count). The molecule has 1 aliphatic heterocycles. The number of nitrogens with one attached hydrogen (secondary N) is 1. The van der Waals surface area contributed by atoms with Crippen LogP contribution in [-0.4, -0.2) is 45.3 Å². The van der Waals surface area contributed by atoms with Crippen molar-refractivity contribution < 1.29 is 9.47 Å². The van der Waals surface area contributed by atoms with E-state index >= 15 is 0 Å². The molecule has 0 bridgehead atoms. The third-order valence-electron chi connectivity index (χ3n) is 3.38. The molecule has 4 heteroatoms. The van der Waals surface area contributed by atoms with Gasteiger partial charge in [0.15, 0.2) is 11.5 Å². The number of nitrogens with zero attached hydrogens (tertiary/aromatic N) is 1. The lowest BCUT2D eigenvalue weighted by Gasteiger charge is -2.28. The fraction of sp³-hybridized carbons (Fsp3) is 0.571. The molecule has 1 aromatic rings. The zero-order valence-corrected chi connectivity index (χ0v) is 11.4. The first-order valence-corrected chi connectivity index (χ1v) is 6.50. The molecular formula is C14H22N2O2. The number of rotatable bonds is 5. The van der Waals surface area contributed by atoms with E-state index in [1.54, 1.807) is 0 Å². The van der Waals surface area contributed by atoms with E-state index in [1.165, 1.54) is 5.56 Å². The van der Waals surface area contributed by atoms with Crippen LogP contribution in [0.2, 0.25) is 0 Å². The predicted octanol–water partition coefficient (Wildman–Crippen LogP) is 1.67. The molecule has 0 spiro atoms. The maximum absolute atomic E-state index is 5.64. The normalized spacial score (nSPS) is 15.8. The Morgan fingerprint density at radius 2 is 2.00 bits per heavy atom. The quantitative estimate of drug-likeness (QED) is 0.862. The lowest BCUT2D eigenvalue weighted by molar-refractivity contribution is 0.170. The van der Waals surface area contributed by atoms with Crippen LogP contribution in [-0.2, 0) is 0 Å². The van der Waals surface area contributed by atoms with Gasteiger partial charge in [0.1, 0.15) is 13.2 Å². The number of hydrogen-bond acceptors (Lipinski definition) is 4. The Hall–Kier alpha value is -1.26. The smallest absolute Gasteiger partial charge is 0.161 e. The van der Waals surface area contributed by atoms with Crippen LogP contribution < -0.4 is 14.8 Å². The van der Waals surface area contributed by atoms with E-state index in [9.17, 15) is 0 Å². The lowest BCUT2D eigenvalue weighted by Crippen LogP contribution is -2.32. The fourth-order valence-corrected chi connectivity index (χ4v) is 2.21. The van der Waals surface area contributed by atoms with Gasteiger partial charge in [0.2, 0.25) is 0 Å². The Bertz CT molecular complexity index is 395. The second-order valence-corrected chi connectivity index (χ2v) is 4.55. The van der Waals surface area contributed by atoms with Crippen LogP contribution in [0.3, 0.4) is 0 Å². The first-order valence-electron chi connectivity index (χ1n) is 6.50. The van der Waals surface area contributed by atoms with Gasteiger partial charge in [-0.2, -0.15) is 0 Å². The molecular weight excluding hydrogens is 228 g/mol. The highest BCUT2D eigenvalue weighted by Gasteiger charge is 2.18. The molecule has 100 valence electrons. The molecule has 0 aliphatic carbocycles. The largest absolute Gasteiger partial charge is 0.486 e. The molecule has 18 heavy (non-hydrogen) atoms. The second kappa shape index (κ2) is 6.07. The molecule has 1 unspecified atom stereocenters. The Labute approximate surface area is 109 Å². The van der Waals surface area contributed by atoms with Crippen LogP contribution in [0.4, 0.5) is 0 Å².